The third kappa shape index (κ3) is 2.74. The molecule has 0 aliphatic rings. The van der Waals surface area contributed by atoms with Crippen molar-refractivity contribution in [1.82, 2.24) is 0 Å². The molecule has 0 atom stereocenters. The van der Waals surface area contributed by atoms with Crippen molar-refractivity contribution >= 4 is 45.2 Å². The summed E-state index contributed by atoms with van der Waals surface area (Å²) in [5.74, 6) is 0. The van der Waals surface area contributed by atoms with Crippen LogP contribution in [0, 0.1) is 0 Å². The average Bonchev–Trinajstić information content (AvgIpc) is 2.15. The number of hydrogen-bond acceptors (Lipinski definition) is 0. The van der Waals surface area contributed by atoms with Crippen molar-refractivity contribution in [3.05, 3.63) is 34.9 Å². The molecule has 0 amide bonds. The van der Waals surface area contributed by atoms with E-state index in [0.717, 1.165) is 11.6 Å². The molecule has 78 valence electrons. The lowest BCUT2D eigenvalue weighted by Gasteiger charge is -2.13. The van der Waals surface area contributed by atoms with Crippen LogP contribution in [0.2, 0.25) is 0 Å². The largest absolute Gasteiger partial charge is 0.416 e. The van der Waals surface area contributed by atoms with E-state index < -0.39 is 11.7 Å². The van der Waals surface area contributed by atoms with Crippen LogP contribution in [0.25, 0.3) is 0 Å². The van der Waals surface area contributed by atoms with E-state index in [1.165, 1.54) is 6.07 Å². The fourth-order valence-corrected chi connectivity index (χ4v) is 2.80. The second kappa shape index (κ2) is 5.00. The van der Waals surface area contributed by atoms with E-state index in [4.69, 9.17) is 0 Å². The van der Waals surface area contributed by atoms with Gasteiger partial charge in [0.15, 0.2) is 0 Å². The summed E-state index contributed by atoms with van der Waals surface area (Å²) in [4.78, 5) is 0. The van der Waals surface area contributed by atoms with Crippen LogP contribution in [0.5, 0.6) is 0 Å². The van der Waals surface area contributed by atoms with Crippen LogP contribution < -0.4 is 0 Å². The third-order valence-corrected chi connectivity index (χ3v) is 3.44. The molecule has 0 radical (unpaired) electrons. The highest BCUT2D eigenvalue weighted by Crippen LogP contribution is 2.34. The molecule has 0 bridgehead atoms. The number of hydrogen-bond donors (Lipinski definition) is 0. The molecule has 0 aliphatic heterocycles. The zero-order valence-electron chi connectivity index (χ0n) is 7.04. The average molecular weight is 426 g/mol. The maximum atomic E-state index is 12.5. The Kier molecular flexibility index (Phi) is 4.48. The van der Waals surface area contributed by atoms with Crippen LogP contribution in [0.15, 0.2) is 18.2 Å². The number of alkyl halides is 5. The zero-order chi connectivity index (χ0) is 10.8. The minimum atomic E-state index is -4.23. The molecule has 1 aromatic carbocycles. The maximum Gasteiger partial charge on any atom is 0.416 e. The molecular formula is C9H7F3I2. The molecule has 5 heteroatoms. The Morgan fingerprint density at radius 1 is 1.07 bits per heavy atom. The van der Waals surface area contributed by atoms with Crippen LogP contribution in [0.3, 0.4) is 0 Å². The van der Waals surface area contributed by atoms with Gasteiger partial charge in [-0.3, -0.25) is 0 Å². The molecular weight excluding hydrogens is 419 g/mol. The monoisotopic (exact) mass is 426 g/mol. The first-order valence-electron chi connectivity index (χ1n) is 3.80. The Balaban J connectivity index is 3.29. The lowest BCUT2D eigenvalue weighted by Crippen LogP contribution is -2.09. The summed E-state index contributed by atoms with van der Waals surface area (Å²) in [5.41, 5.74) is 0.686. The molecule has 0 aromatic heterocycles. The van der Waals surface area contributed by atoms with Crippen molar-refractivity contribution in [3.63, 3.8) is 0 Å². The maximum absolute atomic E-state index is 12.5. The first-order valence-corrected chi connectivity index (χ1v) is 6.85. The quantitative estimate of drug-likeness (QED) is 0.480. The second-order valence-electron chi connectivity index (χ2n) is 2.71. The molecule has 0 saturated heterocycles. The standard InChI is InChI=1S/C9H7F3I2/c10-9(11,12)8-3-1-2-6(4-13)7(8)5-14/h1-3H,4-5H2. The molecule has 0 spiro atoms. The fraction of sp³-hybridized carbons (Fsp3) is 0.333. The van der Waals surface area contributed by atoms with Gasteiger partial charge >= 0.3 is 6.18 Å². The van der Waals surface area contributed by atoms with Crippen LogP contribution in [-0.2, 0) is 15.0 Å². The summed E-state index contributed by atoms with van der Waals surface area (Å²) in [6, 6.07) is 4.35. The highest BCUT2D eigenvalue weighted by molar-refractivity contribution is 14.1. The van der Waals surface area contributed by atoms with E-state index >= 15 is 0 Å². The lowest BCUT2D eigenvalue weighted by atomic mass is 10.0. The van der Waals surface area contributed by atoms with Crippen molar-refractivity contribution in [3.8, 4) is 0 Å². The first-order chi connectivity index (χ1) is 6.50. The molecule has 0 heterocycles. The Bertz CT molecular complexity index is 320. The van der Waals surface area contributed by atoms with Crippen LogP contribution >= 0.6 is 45.2 Å². The van der Waals surface area contributed by atoms with Crippen molar-refractivity contribution in [2.75, 3.05) is 0 Å². The van der Waals surface area contributed by atoms with Gasteiger partial charge in [-0.1, -0.05) is 57.3 Å². The Labute approximate surface area is 108 Å². The van der Waals surface area contributed by atoms with Gasteiger partial charge in [-0.05, 0) is 17.2 Å². The highest BCUT2D eigenvalue weighted by Gasteiger charge is 2.33. The van der Waals surface area contributed by atoms with Crippen LogP contribution in [0.4, 0.5) is 13.2 Å². The number of halogens is 5. The molecule has 0 saturated carbocycles. The molecule has 0 aliphatic carbocycles. The van der Waals surface area contributed by atoms with Gasteiger partial charge in [0.25, 0.3) is 0 Å². The normalized spacial score (nSPS) is 11.8. The van der Waals surface area contributed by atoms with E-state index in [2.05, 4.69) is 22.6 Å². The fourth-order valence-electron chi connectivity index (χ4n) is 1.18. The minimum Gasteiger partial charge on any atom is -0.166 e. The molecule has 0 fully saturated rings. The third-order valence-electron chi connectivity index (χ3n) is 1.86. The first kappa shape index (κ1) is 12.5. The van der Waals surface area contributed by atoms with E-state index in [1.54, 1.807) is 6.07 Å². The Hall–Kier alpha value is 0.470. The van der Waals surface area contributed by atoms with Crippen molar-refractivity contribution in [1.29, 1.82) is 0 Å². The van der Waals surface area contributed by atoms with Gasteiger partial charge in [-0.2, -0.15) is 13.2 Å². The van der Waals surface area contributed by atoms with Gasteiger partial charge in [-0.25, -0.2) is 0 Å². The summed E-state index contributed by atoms with van der Waals surface area (Å²) in [7, 11) is 0. The van der Waals surface area contributed by atoms with Crippen LogP contribution in [-0.4, -0.2) is 0 Å². The molecule has 0 N–H and O–H groups in total. The van der Waals surface area contributed by atoms with Gasteiger partial charge in [0, 0.05) is 8.86 Å². The molecule has 1 rings (SSSR count). The minimum absolute atomic E-state index is 0.395. The van der Waals surface area contributed by atoms with Gasteiger partial charge in [0.2, 0.25) is 0 Å². The summed E-state index contributed by atoms with van der Waals surface area (Å²) in [6.07, 6.45) is -4.23. The predicted molar refractivity (Wildman–Crippen MR) is 66.9 cm³/mol. The molecule has 14 heavy (non-hydrogen) atoms. The molecule has 1 aromatic rings. The summed E-state index contributed by atoms with van der Waals surface area (Å²) < 4.78 is 38.6. The Morgan fingerprint density at radius 3 is 2.14 bits per heavy atom. The predicted octanol–water partition coefficient (Wildman–Crippen LogP) is 4.58. The van der Waals surface area contributed by atoms with E-state index in [9.17, 15) is 13.2 Å². The van der Waals surface area contributed by atoms with Gasteiger partial charge < -0.3 is 0 Å². The topological polar surface area (TPSA) is 0 Å². The smallest absolute Gasteiger partial charge is 0.166 e. The van der Waals surface area contributed by atoms with Crippen molar-refractivity contribution in [2.45, 2.75) is 15.0 Å². The van der Waals surface area contributed by atoms with Gasteiger partial charge in [-0.15, -0.1) is 0 Å². The van der Waals surface area contributed by atoms with Gasteiger partial charge in [0.1, 0.15) is 0 Å². The second-order valence-corrected chi connectivity index (χ2v) is 4.23. The zero-order valence-corrected chi connectivity index (χ0v) is 11.4. The molecule has 0 unspecified atom stereocenters. The lowest BCUT2D eigenvalue weighted by molar-refractivity contribution is -0.138. The highest BCUT2D eigenvalue weighted by atomic mass is 127. The Morgan fingerprint density at radius 2 is 1.71 bits per heavy atom. The van der Waals surface area contributed by atoms with Crippen molar-refractivity contribution in [2.24, 2.45) is 0 Å². The summed E-state index contributed by atoms with van der Waals surface area (Å²) in [5, 5.41) is 0. The van der Waals surface area contributed by atoms with Crippen LogP contribution in [0.1, 0.15) is 16.7 Å². The van der Waals surface area contributed by atoms with E-state index in [1.807, 2.05) is 22.6 Å². The number of benzene rings is 1. The van der Waals surface area contributed by atoms with E-state index in [-0.39, 0.29) is 0 Å². The van der Waals surface area contributed by atoms with Crippen molar-refractivity contribution < 1.29 is 13.2 Å². The molecule has 0 nitrogen and oxygen atoms in total. The summed E-state index contributed by atoms with van der Waals surface area (Å²) >= 11 is 4.04. The van der Waals surface area contributed by atoms with E-state index in [0.29, 0.717) is 14.4 Å². The van der Waals surface area contributed by atoms with Gasteiger partial charge in [0.05, 0.1) is 5.56 Å². The number of rotatable bonds is 2. The SMILES string of the molecule is FC(F)(F)c1cccc(CI)c1CI. The summed E-state index contributed by atoms with van der Waals surface area (Å²) in [6.45, 7) is 0.